The van der Waals surface area contributed by atoms with E-state index in [1.807, 2.05) is 17.0 Å². The maximum Gasteiger partial charge on any atom is 0.227 e. The Morgan fingerprint density at radius 1 is 1.30 bits per heavy atom. The van der Waals surface area contributed by atoms with Gasteiger partial charge in [-0.15, -0.1) is 0 Å². The number of hydrogen-bond donors (Lipinski definition) is 0. The third-order valence-corrected chi connectivity index (χ3v) is 4.72. The first-order valence-corrected chi connectivity index (χ1v) is 8.48. The molecule has 2 saturated heterocycles. The highest BCUT2D eigenvalue weighted by Gasteiger charge is 2.30. The Morgan fingerprint density at radius 3 is 2.91 bits per heavy atom. The second-order valence-electron chi connectivity index (χ2n) is 6.36. The van der Waals surface area contributed by atoms with Crippen LogP contribution in [0, 0.1) is 5.92 Å². The van der Waals surface area contributed by atoms with Gasteiger partial charge in [0, 0.05) is 26.2 Å². The van der Waals surface area contributed by atoms with Crippen LogP contribution in [0.5, 0.6) is 5.75 Å². The van der Waals surface area contributed by atoms with Crippen LogP contribution in [0.2, 0.25) is 0 Å². The van der Waals surface area contributed by atoms with Crippen molar-refractivity contribution in [3.05, 3.63) is 29.8 Å². The standard InChI is InChI=1S/C18H26N2O3/c1-22-17-6-2-4-15(12-17)13-19-7-3-5-16(14-19)18(21)20-8-10-23-11-9-20/h2,4,6,12,16H,3,5,7-11,13-14H2,1H3. The average molecular weight is 318 g/mol. The normalized spacial score (nSPS) is 22.8. The smallest absolute Gasteiger partial charge is 0.227 e. The van der Waals surface area contributed by atoms with Crippen molar-refractivity contribution in [3.63, 3.8) is 0 Å². The van der Waals surface area contributed by atoms with Crippen LogP contribution in [0.25, 0.3) is 0 Å². The lowest BCUT2D eigenvalue weighted by Crippen LogP contribution is -2.48. The first-order chi connectivity index (χ1) is 11.3. The number of nitrogens with zero attached hydrogens (tertiary/aromatic N) is 2. The van der Waals surface area contributed by atoms with Crippen LogP contribution in [0.1, 0.15) is 18.4 Å². The summed E-state index contributed by atoms with van der Waals surface area (Å²) < 4.78 is 10.6. The van der Waals surface area contributed by atoms with Crippen LogP contribution < -0.4 is 4.74 Å². The fourth-order valence-corrected chi connectivity index (χ4v) is 3.47. The number of likely N-dealkylation sites (tertiary alicyclic amines) is 1. The molecule has 3 rings (SSSR count). The van der Waals surface area contributed by atoms with E-state index in [1.54, 1.807) is 7.11 Å². The van der Waals surface area contributed by atoms with Crippen LogP contribution in [-0.4, -0.2) is 62.2 Å². The quantitative estimate of drug-likeness (QED) is 0.848. The summed E-state index contributed by atoms with van der Waals surface area (Å²) in [7, 11) is 1.69. The summed E-state index contributed by atoms with van der Waals surface area (Å²) in [6.07, 6.45) is 2.09. The van der Waals surface area contributed by atoms with E-state index >= 15 is 0 Å². The zero-order chi connectivity index (χ0) is 16.1. The molecule has 0 aliphatic carbocycles. The van der Waals surface area contributed by atoms with Gasteiger partial charge in [-0.25, -0.2) is 0 Å². The zero-order valence-corrected chi connectivity index (χ0v) is 13.9. The molecule has 23 heavy (non-hydrogen) atoms. The molecule has 1 amide bonds. The van der Waals surface area contributed by atoms with Gasteiger partial charge in [0.15, 0.2) is 0 Å². The lowest BCUT2D eigenvalue weighted by atomic mass is 9.96. The molecule has 0 N–H and O–H groups in total. The van der Waals surface area contributed by atoms with Crippen LogP contribution in [0.4, 0.5) is 0 Å². The summed E-state index contributed by atoms with van der Waals surface area (Å²) in [5, 5.41) is 0. The van der Waals surface area contributed by atoms with Gasteiger partial charge in [0.05, 0.1) is 26.2 Å². The van der Waals surface area contributed by atoms with Crippen LogP contribution in [-0.2, 0) is 16.1 Å². The summed E-state index contributed by atoms with van der Waals surface area (Å²) in [5.74, 6) is 1.33. The fraction of sp³-hybridized carbons (Fsp3) is 0.611. The number of methoxy groups -OCH3 is 1. The number of carbonyl (C=O) groups is 1. The van der Waals surface area contributed by atoms with Crippen molar-refractivity contribution in [2.75, 3.05) is 46.5 Å². The number of morpholine rings is 1. The van der Waals surface area contributed by atoms with Gasteiger partial charge in [0.2, 0.25) is 5.91 Å². The van der Waals surface area contributed by atoms with Gasteiger partial charge in [-0.3, -0.25) is 9.69 Å². The van der Waals surface area contributed by atoms with Gasteiger partial charge in [-0.05, 0) is 37.1 Å². The Kier molecular flexibility index (Phi) is 5.51. The molecule has 1 atom stereocenters. The largest absolute Gasteiger partial charge is 0.497 e. The van der Waals surface area contributed by atoms with Gasteiger partial charge in [0.1, 0.15) is 5.75 Å². The van der Waals surface area contributed by atoms with E-state index in [4.69, 9.17) is 9.47 Å². The van der Waals surface area contributed by atoms with E-state index < -0.39 is 0 Å². The van der Waals surface area contributed by atoms with Crippen LogP contribution in [0.15, 0.2) is 24.3 Å². The molecule has 0 spiro atoms. The molecule has 0 aromatic heterocycles. The van der Waals surface area contributed by atoms with Crippen LogP contribution in [0.3, 0.4) is 0 Å². The molecular formula is C18H26N2O3. The Morgan fingerprint density at radius 2 is 2.13 bits per heavy atom. The molecule has 5 heteroatoms. The minimum atomic E-state index is 0.132. The molecule has 1 aromatic carbocycles. The summed E-state index contributed by atoms with van der Waals surface area (Å²) in [5.41, 5.74) is 1.24. The third kappa shape index (κ3) is 4.24. The fourth-order valence-electron chi connectivity index (χ4n) is 3.47. The topological polar surface area (TPSA) is 42.0 Å². The summed E-state index contributed by atoms with van der Waals surface area (Å²) in [6, 6.07) is 8.18. The van der Waals surface area contributed by atoms with Gasteiger partial charge in [0.25, 0.3) is 0 Å². The van der Waals surface area contributed by atoms with Gasteiger partial charge >= 0.3 is 0 Å². The van der Waals surface area contributed by atoms with Crippen molar-refractivity contribution in [2.24, 2.45) is 5.92 Å². The maximum absolute atomic E-state index is 12.7. The second-order valence-corrected chi connectivity index (χ2v) is 6.36. The average Bonchev–Trinajstić information content (AvgIpc) is 2.62. The Bertz CT molecular complexity index is 529. The van der Waals surface area contributed by atoms with Crippen molar-refractivity contribution < 1.29 is 14.3 Å². The molecule has 0 saturated carbocycles. The molecule has 1 aromatic rings. The highest BCUT2D eigenvalue weighted by atomic mass is 16.5. The van der Waals surface area contributed by atoms with Gasteiger partial charge in [-0.1, -0.05) is 12.1 Å². The van der Waals surface area contributed by atoms with Crippen molar-refractivity contribution >= 4 is 5.91 Å². The third-order valence-electron chi connectivity index (χ3n) is 4.72. The van der Waals surface area contributed by atoms with E-state index in [9.17, 15) is 4.79 Å². The van der Waals surface area contributed by atoms with Crippen molar-refractivity contribution in [3.8, 4) is 5.75 Å². The molecule has 1 unspecified atom stereocenters. The molecule has 126 valence electrons. The maximum atomic E-state index is 12.7. The molecule has 0 radical (unpaired) electrons. The molecule has 5 nitrogen and oxygen atoms in total. The predicted octanol–water partition coefficient (Wildman–Crippen LogP) is 1.77. The lowest BCUT2D eigenvalue weighted by Gasteiger charge is -2.36. The second kappa shape index (κ2) is 7.79. The first kappa shape index (κ1) is 16.3. The summed E-state index contributed by atoms with van der Waals surface area (Å²) >= 11 is 0. The van der Waals surface area contributed by atoms with E-state index in [0.717, 1.165) is 51.3 Å². The number of amides is 1. The van der Waals surface area contributed by atoms with E-state index in [-0.39, 0.29) is 5.92 Å². The number of rotatable bonds is 4. The summed E-state index contributed by atoms with van der Waals surface area (Å²) in [6.45, 7) is 5.62. The highest BCUT2D eigenvalue weighted by molar-refractivity contribution is 5.79. The van der Waals surface area contributed by atoms with E-state index in [2.05, 4.69) is 17.0 Å². The molecule has 2 fully saturated rings. The number of hydrogen-bond acceptors (Lipinski definition) is 4. The molecule has 2 aliphatic rings. The summed E-state index contributed by atoms with van der Waals surface area (Å²) in [4.78, 5) is 17.0. The SMILES string of the molecule is COc1cccc(CN2CCCC(C(=O)N3CCOCC3)C2)c1. The minimum Gasteiger partial charge on any atom is -0.497 e. The van der Waals surface area contributed by atoms with E-state index in [0.29, 0.717) is 19.1 Å². The van der Waals surface area contributed by atoms with Gasteiger partial charge < -0.3 is 14.4 Å². The Labute approximate surface area is 138 Å². The molecule has 2 heterocycles. The highest BCUT2D eigenvalue weighted by Crippen LogP contribution is 2.22. The molecule has 0 bridgehead atoms. The number of carbonyl (C=O) groups excluding carboxylic acids is 1. The van der Waals surface area contributed by atoms with Crippen molar-refractivity contribution in [1.82, 2.24) is 9.80 Å². The zero-order valence-electron chi connectivity index (χ0n) is 13.9. The number of benzene rings is 1. The van der Waals surface area contributed by atoms with Crippen molar-refractivity contribution in [1.29, 1.82) is 0 Å². The monoisotopic (exact) mass is 318 g/mol. The van der Waals surface area contributed by atoms with Crippen LogP contribution >= 0.6 is 0 Å². The lowest BCUT2D eigenvalue weighted by molar-refractivity contribution is -0.141. The number of ether oxygens (including phenoxy) is 2. The predicted molar refractivity (Wildman–Crippen MR) is 88.4 cm³/mol. The molecule has 2 aliphatic heterocycles. The van der Waals surface area contributed by atoms with E-state index in [1.165, 1.54) is 5.56 Å². The Balaban J connectivity index is 1.58. The first-order valence-electron chi connectivity index (χ1n) is 8.48. The minimum absolute atomic E-state index is 0.132. The van der Waals surface area contributed by atoms with Crippen molar-refractivity contribution in [2.45, 2.75) is 19.4 Å². The molecular weight excluding hydrogens is 292 g/mol. The Hall–Kier alpha value is -1.59. The number of piperidine rings is 1. The van der Waals surface area contributed by atoms with Gasteiger partial charge in [-0.2, -0.15) is 0 Å².